The number of aryl methyl sites for hydroxylation is 1. The van der Waals surface area contributed by atoms with Crippen LogP contribution in [0.1, 0.15) is 22.8 Å². The second-order valence-corrected chi connectivity index (χ2v) is 7.14. The molecule has 2 aromatic carbocycles. The van der Waals surface area contributed by atoms with E-state index in [1.807, 2.05) is 61.5 Å². The number of nitrogens with zero attached hydrogens (tertiary/aromatic N) is 1. The van der Waals surface area contributed by atoms with Crippen LogP contribution in [0.4, 0.5) is 0 Å². The normalized spacial score (nSPS) is 10.2. The lowest BCUT2D eigenvalue weighted by atomic mass is 10.1. The molecule has 0 unspecified atom stereocenters. The molecule has 0 saturated carbocycles. The number of rotatable bonds is 7. The molecule has 0 bridgehead atoms. The Kier molecular flexibility index (Phi) is 7.24. The Balaban J connectivity index is 1.46. The molecule has 3 aromatic rings. The lowest BCUT2D eigenvalue weighted by Crippen LogP contribution is -2.43. The van der Waals surface area contributed by atoms with Crippen molar-refractivity contribution in [3.8, 4) is 5.75 Å². The fraction of sp³-hybridized carbons (Fsp3) is 0.136. The maximum atomic E-state index is 12.2. The number of nitrogens with one attached hydrogen (secondary N) is 2. The average Bonchev–Trinajstić information content (AvgIpc) is 2.77. The monoisotopic (exact) mass is 407 g/mol. The van der Waals surface area contributed by atoms with Crippen molar-refractivity contribution in [3.05, 3.63) is 84.1 Å². The first-order chi connectivity index (χ1) is 14.2. The standard InChI is InChI=1S/C22H21N3O3S/c1-2-16-7-3-4-8-19(16)28-15-20(26)24-25-22(27)17-10-12-18(13-11-17)29-21-9-5-6-14-23-21/h3-14H,2,15H2,1H3,(H,24,26)(H,25,27). The highest BCUT2D eigenvalue weighted by Crippen LogP contribution is 2.25. The molecule has 3 rings (SSSR count). The molecule has 7 heteroatoms. The molecule has 0 radical (unpaired) electrons. The van der Waals surface area contributed by atoms with E-state index in [-0.39, 0.29) is 6.61 Å². The zero-order valence-electron chi connectivity index (χ0n) is 15.9. The molecule has 2 amide bonds. The topological polar surface area (TPSA) is 80.3 Å². The molecule has 29 heavy (non-hydrogen) atoms. The van der Waals surface area contributed by atoms with Gasteiger partial charge in [-0.2, -0.15) is 0 Å². The molecule has 0 aliphatic carbocycles. The number of hydrazine groups is 1. The summed E-state index contributed by atoms with van der Waals surface area (Å²) in [5, 5.41) is 0.876. The minimum absolute atomic E-state index is 0.184. The van der Waals surface area contributed by atoms with Crippen molar-refractivity contribution in [2.24, 2.45) is 0 Å². The van der Waals surface area contributed by atoms with Gasteiger partial charge in [0.05, 0.1) is 0 Å². The number of hydrogen-bond acceptors (Lipinski definition) is 5. The van der Waals surface area contributed by atoms with E-state index >= 15 is 0 Å². The third-order valence-corrected chi connectivity index (χ3v) is 4.96. The van der Waals surface area contributed by atoms with Gasteiger partial charge in [-0.15, -0.1) is 0 Å². The number of benzene rings is 2. The van der Waals surface area contributed by atoms with Crippen molar-refractivity contribution in [3.63, 3.8) is 0 Å². The number of amides is 2. The molecule has 6 nitrogen and oxygen atoms in total. The van der Waals surface area contributed by atoms with E-state index < -0.39 is 11.8 Å². The Labute approximate surface area is 173 Å². The van der Waals surface area contributed by atoms with Gasteiger partial charge in [0.2, 0.25) is 0 Å². The number of carbonyl (C=O) groups is 2. The van der Waals surface area contributed by atoms with Crippen LogP contribution in [0.2, 0.25) is 0 Å². The van der Waals surface area contributed by atoms with Crippen LogP contribution < -0.4 is 15.6 Å². The van der Waals surface area contributed by atoms with E-state index in [1.165, 1.54) is 11.8 Å². The van der Waals surface area contributed by atoms with Crippen molar-refractivity contribution in [2.45, 2.75) is 23.3 Å². The molecule has 0 aliphatic heterocycles. The van der Waals surface area contributed by atoms with Crippen LogP contribution >= 0.6 is 11.8 Å². The molecular formula is C22H21N3O3S. The van der Waals surface area contributed by atoms with Crippen LogP contribution in [0, 0.1) is 0 Å². The minimum atomic E-state index is -0.438. The largest absolute Gasteiger partial charge is 0.483 e. The predicted octanol–water partition coefficient (Wildman–Crippen LogP) is 3.64. The first-order valence-corrected chi connectivity index (χ1v) is 9.96. The summed E-state index contributed by atoms with van der Waals surface area (Å²) in [5.41, 5.74) is 6.22. The van der Waals surface area contributed by atoms with Crippen LogP contribution in [-0.2, 0) is 11.2 Å². The number of hydrogen-bond donors (Lipinski definition) is 2. The van der Waals surface area contributed by atoms with Gasteiger partial charge in [0, 0.05) is 16.7 Å². The Morgan fingerprint density at radius 1 is 0.966 bits per heavy atom. The summed E-state index contributed by atoms with van der Waals surface area (Å²) >= 11 is 1.50. The zero-order chi connectivity index (χ0) is 20.5. The molecule has 0 aliphatic rings. The lowest BCUT2D eigenvalue weighted by Gasteiger charge is -2.11. The average molecular weight is 407 g/mol. The summed E-state index contributed by atoms with van der Waals surface area (Å²) in [4.78, 5) is 29.4. The molecule has 0 atom stereocenters. The predicted molar refractivity (Wildman–Crippen MR) is 112 cm³/mol. The summed E-state index contributed by atoms with van der Waals surface area (Å²) in [5.74, 6) is -0.175. The van der Waals surface area contributed by atoms with Gasteiger partial charge in [-0.1, -0.05) is 43.0 Å². The maximum Gasteiger partial charge on any atom is 0.276 e. The third kappa shape index (κ3) is 6.08. The van der Waals surface area contributed by atoms with Gasteiger partial charge in [0.25, 0.3) is 11.8 Å². The van der Waals surface area contributed by atoms with Gasteiger partial charge < -0.3 is 4.74 Å². The van der Waals surface area contributed by atoms with Crippen LogP contribution in [0.5, 0.6) is 5.75 Å². The van der Waals surface area contributed by atoms with E-state index in [9.17, 15) is 9.59 Å². The van der Waals surface area contributed by atoms with E-state index in [2.05, 4.69) is 15.8 Å². The number of ether oxygens (including phenoxy) is 1. The van der Waals surface area contributed by atoms with Gasteiger partial charge in [-0.3, -0.25) is 20.4 Å². The summed E-state index contributed by atoms with van der Waals surface area (Å²) in [7, 11) is 0. The minimum Gasteiger partial charge on any atom is -0.483 e. The molecule has 0 spiro atoms. The van der Waals surface area contributed by atoms with E-state index in [1.54, 1.807) is 18.3 Å². The Morgan fingerprint density at radius 2 is 1.72 bits per heavy atom. The summed E-state index contributed by atoms with van der Waals surface area (Å²) in [6.45, 7) is 1.83. The van der Waals surface area contributed by atoms with Crippen molar-refractivity contribution in [2.75, 3.05) is 6.61 Å². The smallest absolute Gasteiger partial charge is 0.276 e. The SMILES string of the molecule is CCc1ccccc1OCC(=O)NNC(=O)c1ccc(Sc2ccccn2)cc1. The fourth-order valence-corrected chi connectivity index (χ4v) is 3.29. The first-order valence-electron chi connectivity index (χ1n) is 9.14. The van der Waals surface area contributed by atoms with Crippen molar-refractivity contribution < 1.29 is 14.3 Å². The third-order valence-electron chi connectivity index (χ3n) is 4.00. The van der Waals surface area contributed by atoms with Crippen LogP contribution in [0.15, 0.2) is 82.8 Å². The number of aromatic nitrogens is 1. The molecule has 0 fully saturated rings. The van der Waals surface area contributed by atoms with Crippen LogP contribution in [-0.4, -0.2) is 23.4 Å². The van der Waals surface area contributed by atoms with E-state index in [0.29, 0.717) is 11.3 Å². The zero-order valence-corrected chi connectivity index (χ0v) is 16.7. The van der Waals surface area contributed by atoms with Gasteiger partial charge in [0.1, 0.15) is 10.8 Å². The summed E-state index contributed by atoms with van der Waals surface area (Å²) in [6.07, 6.45) is 2.54. The van der Waals surface area contributed by atoms with Crippen LogP contribution in [0.3, 0.4) is 0 Å². The second-order valence-electron chi connectivity index (χ2n) is 6.05. The Hall–Kier alpha value is -3.32. The number of para-hydroxylation sites is 1. The van der Waals surface area contributed by atoms with Crippen molar-refractivity contribution in [1.82, 2.24) is 15.8 Å². The lowest BCUT2D eigenvalue weighted by molar-refractivity contribution is -0.123. The number of carbonyl (C=O) groups excluding carboxylic acids is 2. The van der Waals surface area contributed by atoms with Crippen molar-refractivity contribution >= 4 is 23.6 Å². The highest BCUT2D eigenvalue weighted by Gasteiger charge is 2.09. The van der Waals surface area contributed by atoms with Gasteiger partial charge >= 0.3 is 0 Å². The maximum absolute atomic E-state index is 12.2. The second kappa shape index (κ2) is 10.3. The highest BCUT2D eigenvalue weighted by molar-refractivity contribution is 7.99. The van der Waals surface area contributed by atoms with Crippen molar-refractivity contribution in [1.29, 1.82) is 0 Å². The summed E-state index contributed by atoms with van der Waals surface area (Å²) < 4.78 is 5.53. The van der Waals surface area contributed by atoms with Gasteiger partial charge in [-0.05, 0) is 54.4 Å². The molecule has 2 N–H and O–H groups in total. The van der Waals surface area contributed by atoms with Crippen LogP contribution in [0.25, 0.3) is 0 Å². The Morgan fingerprint density at radius 3 is 2.45 bits per heavy atom. The molecule has 1 heterocycles. The van der Waals surface area contributed by atoms with Gasteiger partial charge in [-0.25, -0.2) is 4.98 Å². The van der Waals surface area contributed by atoms with E-state index in [4.69, 9.17) is 4.74 Å². The summed E-state index contributed by atoms with van der Waals surface area (Å²) in [6, 6.07) is 20.3. The Bertz CT molecular complexity index is 963. The molecule has 0 saturated heterocycles. The fourth-order valence-electron chi connectivity index (χ4n) is 2.52. The first kappa shape index (κ1) is 20.4. The van der Waals surface area contributed by atoms with Gasteiger partial charge in [0.15, 0.2) is 6.61 Å². The molecule has 1 aromatic heterocycles. The number of pyridine rings is 1. The quantitative estimate of drug-likeness (QED) is 0.585. The highest BCUT2D eigenvalue weighted by atomic mass is 32.2. The molecular weight excluding hydrogens is 386 g/mol. The molecule has 148 valence electrons. The van der Waals surface area contributed by atoms with E-state index in [0.717, 1.165) is 21.9 Å².